The normalized spacial score (nSPS) is 33.5. The van der Waals surface area contributed by atoms with E-state index < -0.39 is 43.0 Å². The van der Waals surface area contributed by atoms with Crippen LogP contribution in [0.2, 0.25) is 0 Å². The van der Waals surface area contributed by atoms with Crippen molar-refractivity contribution in [2.45, 2.75) is 44.2 Å². The monoisotopic (exact) mass is 370 g/mol. The maximum Gasteiger partial charge on any atom is 0.319 e. The Kier molecular flexibility index (Phi) is 8.13. The van der Waals surface area contributed by atoms with Gasteiger partial charge in [0, 0.05) is 26.1 Å². The second kappa shape index (κ2) is 9.14. The third kappa shape index (κ3) is 4.29. The number of nitrogens with one attached hydrogen (secondary N) is 1. The van der Waals surface area contributed by atoms with Gasteiger partial charge in [0.1, 0.15) is 18.3 Å². The van der Waals surface area contributed by atoms with Crippen LogP contribution in [0.4, 0.5) is 4.79 Å². The minimum atomic E-state index is -2.35. The van der Waals surface area contributed by atoms with Gasteiger partial charge in [0.05, 0.1) is 6.61 Å². The smallest absolute Gasteiger partial charge is 0.319 e. The van der Waals surface area contributed by atoms with E-state index in [0.29, 0.717) is 0 Å². The molecule has 142 valence electrons. The van der Waals surface area contributed by atoms with Crippen molar-refractivity contribution in [1.82, 2.24) is 10.2 Å². The van der Waals surface area contributed by atoms with E-state index in [0.717, 1.165) is 4.90 Å². The van der Waals surface area contributed by atoms with Crippen LogP contribution in [0, 0.1) is 5.92 Å². The van der Waals surface area contributed by atoms with E-state index in [1.807, 2.05) is 13.8 Å². The number of hydrogen-bond donors (Lipinski definition) is 5. The Morgan fingerprint density at radius 3 is 2.54 bits per heavy atom. The Hall–Kier alpha value is -0.680. The van der Waals surface area contributed by atoms with Crippen molar-refractivity contribution in [3.63, 3.8) is 0 Å². The molecule has 1 saturated heterocycles. The average molecular weight is 371 g/mol. The number of ether oxygens (including phenoxy) is 2. The van der Waals surface area contributed by atoms with Crippen molar-refractivity contribution in [1.29, 1.82) is 0 Å². The highest BCUT2D eigenvalue weighted by molar-refractivity contribution is 6.18. The number of carbonyl (C=O) groups is 1. The first-order valence-electron chi connectivity index (χ1n) is 7.73. The van der Waals surface area contributed by atoms with E-state index in [2.05, 4.69) is 5.32 Å². The molecule has 0 saturated carbocycles. The maximum atomic E-state index is 12.4. The molecule has 5 atom stereocenters. The minimum Gasteiger partial charge on any atom is -0.394 e. The van der Waals surface area contributed by atoms with E-state index in [4.69, 9.17) is 21.1 Å². The molecule has 0 aromatic rings. The zero-order valence-electron chi connectivity index (χ0n) is 14.1. The minimum absolute atomic E-state index is 0.0570. The van der Waals surface area contributed by atoms with Gasteiger partial charge in [-0.25, -0.2) is 4.79 Å². The molecule has 0 radical (unpaired) electrons. The Balaban J connectivity index is 3.20. The second-order valence-corrected chi connectivity index (χ2v) is 6.45. The van der Waals surface area contributed by atoms with Gasteiger partial charge in [-0.2, -0.15) is 0 Å². The van der Waals surface area contributed by atoms with Crippen molar-refractivity contribution in [2.75, 3.05) is 32.7 Å². The van der Waals surface area contributed by atoms with E-state index in [1.165, 1.54) is 7.11 Å². The topological polar surface area (TPSA) is 132 Å². The molecule has 0 aliphatic carbocycles. The number of alkyl halides is 1. The molecule has 1 aliphatic heterocycles. The lowest BCUT2D eigenvalue weighted by Crippen LogP contribution is -2.75. The highest BCUT2D eigenvalue weighted by Crippen LogP contribution is 2.34. The van der Waals surface area contributed by atoms with E-state index >= 15 is 0 Å². The molecule has 1 fully saturated rings. The molecule has 0 unspecified atom stereocenters. The van der Waals surface area contributed by atoms with E-state index in [9.17, 15) is 25.2 Å². The molecule has 1 heterocycles. The molecule has 5 N–H and O–H groups in total. The van der Waals surface area contributed by atoms with Crippen LogP contribution in [0.3, 0.4) is 0 Å². The number of aliphatic hydroxyl groups is 4. The summed E-state index contributed by atoms with van der Waals surface area (Å²) in [5, 5.41) is 43.3. The summed E-state index contributed by atoms with van der Waals surface area (Å²) < 4.78 is 10.4. The molecular formula is C14H27ClN2O7. The zero-order chi connectivity index (χ0) is 18.5. The molecular weight excluding hydrogens is 344 g/mol. The summed E-state index contributed by atoms with van der Waals surface area (Å²) in [6, 6.07) is -0.689. The van der Waals surface area contributed by atoms with Crippen LogP contribution >= 0.6 is 11.6 Å². The number of methoxy groups -OCH3 is 1. The lowest BCUT2D eigenvalue weighted by atomic mass is 9.91. The van der Waals surface area contributed by atoms with Crippen LogP contribution in [-0.4, -0.2) is 94.4 Å². The summed E-state index contributed by atoms with van der Waals surface area (Å²) in [6.07, 6.45) is -6.04. The fourth-order valence-electron chi connectivity index (χ4n) is 2.61. The van der Waals surface area contributed by atoms with Crippen LogP contribution in [0.25, 0.3) is 0 Å². The number of carbonyl (C=O) groups excluding carboxylic acids is 1. The van der Waals surface area contributed by atoms with Gasteiger partial charge in [-0.3, -0.25) is 4.90 Å². The van der Waals surface area contributed by atoms with Gasteiger partial charge in [0.2, 0.25) is 12.0 Å². The summed E-state index contributed by atoms with van der Waals surface area (Å²) >= 11 is 5.56. The van der Waals surface area contributed by atoms with Gasteiger partial charge >= 0.3 is 6.03 Å². The van der Waals surface area contributed by atoms with Crippen molar-refractivity contribution < 1.29 is 34.7 Å². The number of halogens is 1. The fraction of sp³-hybridized carbons (Fsp3) is 0.929. The number of amides is 2. The van der Waals surface area contributed by atoms with E-state index in [-0.39, 0.29) is 24.9 Å². The summed E-state index contributed by atoms with van der Waals surface area (Å²) in [5.41, 5.74) is -2.35. The van der Waals surface area contributed by atoms with Crippen molar-refractivity contribution in [2.24, 2.45) is 5.92 Å². The second-order valence-electron chi connectivity index (χ2n) is 6.07. The molecule has 0 bridgehead atoms. The Labute approximate surface area is 146 Å². The predicted octanol–water partition coefficient (Wildman–Crippen LogP) is -1.33. The van der Waals surface area contributed by atoms with Gasteiger partial charge in [0.15, 0.2) is 0 Å². The molecule has 1 rings (SSSR count). The number of hydrogen-bond acceptors (Lipinski definition) is 7. The quantitative estimate of drug-likeness (QED) is 0.277. The molecule has 0 spiro atoms. The van der Waals surface area contributed by atoms with Crippen LogP contribution in [0.15, 0.2) is 0 Å². The first kappa shape index (κ1) is 21.4. The number of nitrogens with zero attached hydrogens (tertiary/aromatic N) is 1. The summed E-state index contributed by atoms with van der Waals surface area (Å²) in [5.74, 6) is 0.106. The molecule has 24 heavy (non-hydrogen) atoms. The van der Waals surface area contributed by atoms with Crippen molar-refractivity contribution >= 4 is 17.6 Å². The Bertz CT molecular complexity index is 411. The predicted molar refractivity (Wildman–Crippen MR) is 85.4 cm³/mol. The van der Waals surface area contributed by atoms with Gasteiger partial charge in [0.25, 0.3) is 0 Å². The van der Waals surface area contributed by atoms with Gasteiger partial charge in [-0.05, 0) is 5.92 Å². The van der Waals surface area contributed by atoms with E-state index in [1.54, 1.807) is 0 Å². The van der Waals surface area contributed by atoms with Crippen LogP contribution in [-0.2, 0) is 9.47 Å². The molecule has 0 aromatic carbocycles. The third-order valence-corrected chi connectivity index (χ3v) is 3.96. The third-order valence-electron chi connectivity index (χ3n) is 3.78. The first-order valence-corrected chi connectivity index (χ1v) is 8.26. The van der Waals surface area contributed by atoms with Crippen LogP contribution in [0.5, 0.6) is 0 Å². The maximum absolute atomic E-state index is 12.4. The Morgan fingerprint density at radius 2 is 2.08 bits per heavy atom. The summed E-state index contributed by atoms with van der Waals surface area (Å²) in [4.78, 5) is 13.4. The fourth-order valence-corrected chi connectivity index (χ4v) is 2.70. The van der Waals surface area contributed by atoms with Gasteiger partial charge < -0.3 is 35.2 Å². The summed E-state index contributed by atoms with van der Waals surface area (Å²) in [6.45, 7) is 3.26. The first-order chi connectivity index (χ1) is 11.2. The Morgan fingerprint density at radius 1 is 1.46 bits per heavy atom. The number of urea groups is 1. The highest BCUT2D eigenvalue weighted by atomic mass is 35.5. The lowest BCUT2D eigenvalue weighted by Gasteiger charge is -2.52. The summed E-state index contributed by atoms with van der Waals surface area (Å²) in [7, 11) is 1.22. The molecule has 10 heteroatoms. The van der Waals surface area contributed by atoms with Gasteiger partial charge in [-0.15, -0.1) is 11.6 Å². The molecule has 1 aliphatic rings. The number of aliphatic hydroxyl groups excluding tert-OH is 3. The van der Waals surface area contributed by atoms with Crippen LogP contribution in [0.1, 0.15) is 13.8 Å². The van der Waals surface area contributed by atoms with Crippen LogP contribution < -0.4 is 5.32 Å². The lowest BCUT2D eigenvalue weighted by molar-refractivity contribution is -0.367. The average Bonchev–Trinajstić information content (AvgIpc) is 2.55. The van der Waals surface area contributed by atoms with Gasteiger partial charge in [-0.1, -0.05) is 13.8 Å². The zero-order valence-corrected chi connectivity index (χ0v) is 14.8. The number of rotatable bonds is 7. The molecule has 9 nitrogen and oxygen atoms in total. The SMILES string of the molecule is CO[C@H]1O[C@H](CO)[C@@H](O)[C@H](O)[C@@]1(O)N(CC(C)C)C(=O)NCCCl. The highest BCUT2D eigenvalue weighted by Gasteiger charge is 2.59. The molecule has 2 amide bonds. The largest absolute Gasteiger partial charge is 0.394 e. The van der Waals surface area contributed by atoms with Crippen molar-refractivity contribution in [3.05, 3.63) is 0 Å². The standard InChI is InChI=1S/C14H27ClN2O7/c1-8(2)6-17(13(21)16-5-4-15)14(22)11(20)10(19)9(7-18)24-12(14)23-3/h8-12,18-20,22H,4-7H2,1-3H3,(H,16,21)/t9-,10-,11+,12+,14+/m1/s1. The van der Waals surface area contributed by atoms with Crippen molar-refractivity contribution in [3.8, 4) is 0 Å². The molecule has 0 aromatic heterocycles.